The molecule has 7 nitrogen and oxygen atoms in total. The molecule has 172 valence electrons. The number of hydrogen-bond acceptors (Lipinski definition) is 7. The SMILES string of the molecule is COc1ccc(C=C2Oc3c(ccc4c3C(c3coc5ccccc5c3=O)CC(=O)O4)C2=O)cc1. The summed E-state index contributed by atoms with van der Waals surface area (Å²) in [5.74, 6) is -0.0708. The summed E-state index contributed by atoms with van der Waals surface area (Å²) >= 11 is 0. The predicted octanol–water partition coefficient (Wildman–Crippen LogP) is 4.86. The zero-order valence-electron chi connectivity index (χ0n) is 18.6. The van der Waals surface area contributed by atoms with Gasteiger partial charge in [-0.3, -0.25) is 14.4 Å². The first kappa shape index (κ1) is 20.9. The van der Waals surface area contributed by atoms with E-state index in [0.29, 0.717) is 33.4 Å². The third-order valence-corrected chi connectivity index (χ3v) is 6.28. The summed E-state index contributed by atoms with van der Waals surface area (Å²) in [7, 11) is 1.58. The molecule has 3 aromatic carbocycles. The Morgan fingerprint density at radius 3 is 2.54 bits per heavy atom. The van der Waals surface area contributed by atoms with Crippen molar-refractivity contribution in [2.24, 2.45) is 0 Å². The summed E-state index contributed by atoms with van der Waals surface area (Å²) in [4.78, 5) is 38.9. The Morgan fingerprint density at radius 2 is 1.74 bits per heavy atom. The Bertz CT molecular complexity index is 1610. The third kappa shape index (κ3) is 3.40. The smallest absolute Gasteiger partial charge is 0.312 e. The second-order valence-electron chi connectivity index (χ2n) is 8.31. The van der Waals surface area contributed by atoms with Crippen LogP contribution in [0, 0.1) is 0 Å². The Morgan fingerprint density at radius 1 is 0.943 bits per heavy atom. The lowest BCUT2D eigenvalue weighted by Gasteiger charge is -2.25. The molecule has 6 rings (SSSR count). The third-order valence-electron chi connectivity index (χ3n) is 6.28. The number of hydrogen-bond donors (Lipinski definition) is 0. The Balaban J connectivity index is 1.47. The van der Waals surface area contributed by atoms with Gasteiger partial charge in [0.25, 0.3) is 0 Å². The van der Waals surface area contributed by atoms with Crippen LogP contribution in [-0.4, -0.2) is 18.9 Å². The number of para-hydroxylation sites is 1. The van der Waals surface area contributed by atoms with Gasteiger partial charge in [-0.15, -0.1) is 0 Å². The quantitative estimate of drug-likeness (QED) is 0.242. The van der Waals surface area contributed by atoms with Gasteiger partial charge in [0.15, 0.2) is 11.2 Å². The van der Waals surface area contributed by atoms with Gasteiger partial charge in [-0.05, 0) is 48.0 Å². The van der Waals surface area contributed by atoms with Crippen LogP contribution in [0.5, 0.6) is 17.2 Å². The maximum atomic E-state index is 13.3. The summed E-state index contributed by atoms with van der Waals surface area (Å²) in [5, 5.41) is 0.412. The zero-order valence-corrected chi connectivity index (χ0v) is 18.6. The Kier molecular flexibility index (Phi) is 4.77. The molecule has 4 aromatic rings. The molecule has 0 N–H and O–H groups in total. The summed E-state index contributed by atoms with van der Waals surface area (Å²) < 4.78 is 22.4. The number of Topliss-reactive ketones (excluding diaryl/α,β-unsaturated/α-hetero) is 1. The van der Waals surface area contributed by atoms with E-state index in [-0.39, 0.29) is 34.9 Å². The van der Waals surface area contributed by atoms with E-state index in [0.717, 1.165) is 5.56 Å². The molecule has 3 heterocycles. The van der Waals surface area contributed by atoms with Gasteiger partial charge in [0.1, 0.15) is 22.8 Å². The lowest BCUT2D eigenvalue weighted by molar-refractivity contribution is -0.135. The number of fused-ring (bicyclic) bond motifs is 4. The standard InChI is InChI=1S/C28H18O7/c1-32-16-8-6-15(7-9-16)12-23-27(31)18-10-11-22-25(28(18)35-23)19(13-24(29)34-22)20-14-33-21-5-3-2-4-17(21)26(20)30/h2-12,14,19H,13H2,1H3. The largest absolute Gasteiger partial charge is 0.497 e. The van der Waals surface area contributed by atoms with Gasteiger partial charge in [-0.1, -0.05) is 24.3 Å². The van der Waals surface area contributed by atoms with Crippen molar-refractivity contribution in [3.05, 3.63) is 105 Å². The minimum atomic E-state index is -0.685. The lowest BCUT2D eigenvalue weighted by atomic mass is 9.85. The number of benzene rings is 3. The average molecular weight is 466 g/mol. The molecule has 0 saturated carbocycles. The molecule has 35 heavy (non-hydrogen) atoms. The Labute approximate surface area is 199 Å². The van der Waals surface area contributed by atoms with Crippen molar-refractivity contribution < 1.29 is 28.2 Å². The van der Waals surface area contributed by atoms with E-state index in [1.165, 1.54) is 6.26 Å². The van der Waals surface area contributed by atoms with E-state index in [4.69, 9.17) is 18.6 Å². The van der Waals surface area contributed by atoms with Crippen LogP contribution in [0.15, 0.2) is 81.9 Å². The van der Waals surface area contributed by atoms with Crippen molar-refractivity contribution >= 4 is 28.8 Å². The molecule has 2 aliphatic heterocycles. The van der Waals surface area contributed by atoms with Crippen LogP contribution in [0.2, 0.25) is 0 Å². The number of esters is 1. The first-order valence-electron chi connectivity index (χ1n) is 11.0. The number of methoxy groups -OCH3 is 1. The molecule has 1 unspecified atom stereocenters. The molecule has 1 atom stereocenters. The number of allylic oxidation sites excluding steroid dienone is 1. The second-order valence-corrected chi connectivity index (χ2v) is 8.31. The highest BCUT2D eigenvalue weighted by Gasteiger charge is 2.39. The van der Waals surface area contributed by atoms with Gasteiger partial charge in [0.05, 0.1) is 30.7 Å². The topological polar surface area (TPSA) is 92.0 Å². The molecule has 0 radical (unpaired) electrons. The minimum Gasteiger partial charge on any atom is -0.497 e. The molecular formula is C28H18O7. The summed E-state index contributed by atoms with van der Waals surface area (Å²) in [6, 6.07) is 17.3. The molecule has 0 aliphatic carbocycles. The molecule has 1 aromatic heterocycles. The summed E-state index contributed by atoms with van der Waals surface area (Å²) in [6.45, 7) is 0. The summed E-state index contributed by atoms with van der Waals surface area (Å²) in [6.07, 6.45) is 2.94. The molecule has 2 aliphatic rings. The number of ether oxygens (including phenoxy) is 3. The Hall–Kier alpha value is -4.65. The molecule has 0 spiro atoms. The number of rotatable bonds is 3. The van der Waals surface area contributed by atoms with E-state index >= 15 is 0 Å². The van der Waals surface area contributed by atoms with Gasteiger partial charge < -0.3 is 18.6 Å². The van der Waals surface area contributed by atoms with Gasteiger partial charge in [-0.2, -0.15) is 0 Å². The highest BCUT2D eigenvalue weighted by Crippen LogP contribution is 2.48. The van der Waals surface area contributed by atoms with E-state index in [2.05, 4.69) is 0 Å². The lowest BCUT2D eigenvalue weighted by Crippen LogP contribution is -2.25. The highest BCUT2D eigenvalue weighted by atomic mass is 16.5. The van der Waals surface area contributed by atoms with Gasteiger partial charge in [0.2, 0.25) is 5.78 Å². The molecule has 0 amide bonds. The molecule has 0 saturated heterocycles. The van der Waals surface area contributed by atoms with Crippen LogP contribution in [0.25, 0.3) is 17.0 Å². The minimum absolute atomic E-state index is 0.0817. The van der Waals surface area contributed by atoms with Gasteiger partial charge >= 0.3 is 5.97 Å². The number of ketones is 1. The van der Waals surface area contributed by atoms with Crippen LogP contribution in [0.4, 0.5) is 0 Å². The molecule has 0 fully saturated rings. The van der Waals surface area contributed by atoms with Crippen molar-refractivity contribution in [1.82, 2.24) is 0 Å². The van der Waals surface area contributed by atoms with E-state index in [1.807, 2.05) is 12.1 Å². The fraction of sp³-hybridized carbons (Fsp3) is 0.107. The van der Waals surface area contributed by atoms with Crippen molar-refractivity contribution in [2.75, 3.05) is 7.11 Å². The molecule has 7 heteroatoms. The van der Waals surface area contributed by atoms with Crippen molar-refractivity contribution in [1.29, 1.82) is 0 Å². The first-order valence-corrected chi connectivity index (χ1v) is 11.0. The van der Waals surface area contributed by atoms with E-state index in [1.54, 1.807) is 61.7 Å². The summed E-state index contributed by atoms with van der Waals surface area (Å²) in [5.41, 5.74) is 2.10. The van der Waals surface area contributed by atoms with Gasteiger partial charge in [0, 0.05) is 17.0 Å². The van der Waals surface area contributed by atoms with Crippen molar-refractivity contribution in [3.8, 4) is 17.2 Å². The van der Waals surface area contributed by atoms with Crippen molar-refractivity contribution in [3.63, 3.8) is 0 Å². The van der Waals surface area contributed by atoms with Crippen LogP contribution < -0.4 is 19.6 Å². The van der Waals surface area contributed by atoms with Crippen molar-refractivity contribution in [2.45, 2.75) is 12.3 Å². The first-order chi connectivity index (χ1) is 17.0. The highest BCUT2D eigenvalue weighted by molar-refractivity contribution is 6.15. The maximum Gasteiger partial charge on any atom is 0.312 e. The fourth-order valence-electron chi connectivity index (χ4n) is 4.56. The average Bonchev–Trinajstić information content (AvgIpc) is 3.19. The van der Waals surface area contributed by atoms with E-state index in [9.17, 15) is 14.4 Å². The molecular weight excluding hydrogens is 448 g/mol. The van der Waals surface area contributed by atoms with Crippen LogP contribution in [-0.2, 0) is 4.79 Å². The van der Waals surface area contributed by atoms with Crippen LogP contribution >= 0.6 is 0 Å². The molecule has 0 bridgehead atoms. The number of carbonyl (C=O) groups excluding carboxylic acids is 2. The van der Waals surface area contributed by atoms with Gasteiger partial charge in [-0.25, -0.2) is 0 Å². The second kappa shape index (κ2) is 7.99. The fourth-order valence-corrected chi connectivity index (χ4v) is 4.56. The monoisotopic (exact) mass is 466 g/mol. The van der Waals surface area contributed by atoms with Crippen LogP contribution in [0.3, 0.4) is 0 Å². The van der Waals surface area contributed by atoms with E-state index < -0.39 is 11.9 Å². The predicted molar refractivity (Wildman–Crippen MR) is 127 cm³/mol. The zero-order chi connectivity index (χ0) is 24.1. The maximum absolute atomic E-state index is 13.3. The number of carbonyl (C=O) groups is 2. The van der Waals surface area contributed by atoms with Crippen LogP contribution in [0.1, 0.15) is 39.4 Å². The normalized spacial score (nSPS) is 17.6.